The first-order chi connectivity index (χ1) is 8.61. The van der Waals surface area contributed by atoms with E-state index >= 15 is 0 Å². The van der Waals surface area contributed by atoms with E-state index < -0.39 is 4.92 Å². The lowest BCUT2D eigenvalue weighted by atomic mass is 10.0. The number of anilines is 2. The monoisotopic (exact) mass is 251 g/mol. The van der Waals surface area contributed by atoms with E-state index in [1.807, 2.05) is 4.90 Å². The molecule has 6 heteroatoms. The Kier molecular flexibility index (Phi) is 3.66. The highest BCUT2D eigenvalue weighted by molar-refractivity contribution is 5.63. The van der Waals surface area contributed by atoms with Crippen molar-refractivity contribution in [3.8, 4) is 0 Å². The number of nitro groups is 1. The van der Waals surface area contributed by atoms with Crippen LogP contribution in [0.2, 0.25) is 0 Å². The molecule has 0 bridgehead atoms. The summed E-state index contributed by atoms with van der Waals surface area (Å²) >= 11 is 0. The van der Waals surface area contributed by atoms with Crippen LogP contribution in [0.5, 0.6) is 0 Å². The summed E-state index contributed by atoms with van der Waals surface area (Å²) in [6.07, 6.45) is 3.00. The summed E-state index contributed by atoms with van der Waals surface area (Å²) in [5.41, 5.74) is 6.79. The first kappa shape index (κ1) is 12.6. The number of nitrogens with zero attached hydrogens (tertiary/aromatic N) is 2. The molecule has 1 aromatic rings. The van der Waals surface area contributed by atoms with Crippen LogP contribution in [0, 0.1) is 10.1 Å². The van der Waals surface area contributed by atoms with E-state index in [-0.39, 0.29) is 18.3 Å². The fourth-order valence-electron chi connectivity index (χ4n) is 2.42. The summed E-state index contributed by atoms with van der Waals surface area (Å²) in [7, 11) is 0. The van der Waals surface area contributed by atoms with Crippen LogP contribution in [0.15, 0.2) is 18.2 Å². The molecule has 1 aliphatic heterocycles. The average Bonchev–Trinajstić information content (AvgIpc) is 2.38. The third-order valence-corrected chi connectivity index (χ3v) is 3.31. The van der Waals surface area contributed by atoms with Gasteiger partial charge < -0.3 is 15.7 Å². The molecule has 1 aromatic carbocycles. The van der Waals surface area contributed by atoms with Crippen molar-refractivity contribution in [2.45, 2.75) is 25.3 Å². The van der Waals surface area contributed by atoms with Crippen LogP contribution in [0.3, 0.4) is 0 Å². The molecule has 0 amide bonds. The van der Waals surface area contributed by atoms with Gasteiger partial charge in [0.25, 0.3) is 5.69 Å². The summed E-state index contributed by atoms with van der Waals surface area (Å²) in [6, 6.07) is 4.62. The van der Waals surface area contributed by atoms with Gasteiger partial charge in [-0.1, -0.05) is 0 Å². The third-order valence-electron chi connectivity index (χ3n) is 3.31. The molecule has 2 rings (SSSR count). The molecule has 0 saturated carbocycles. The summed E-state index contributed by atoms with van der Waals surface area (Å²) < 4.78 is 0. The van der Waals surface area contributed by atoms with Crippen molar-refractivity contribution in [1.29, 1.82) is 0 Å². The quantitative estimate of drug-likeness (QED) is 0.483. The Labute approximate surface area is 105 Å². The highest BCUT2D eigenvalue weighted by Crippen LogP contribution is 2.30. The fraction of sp³-hybridized carbons (Fsp3) is 0.500. The highest BCUT2D eigenvalue weighted by atomic mass is 16.6. The van der Waals surface area contributed by atoms with E-state index in [1.54, 1.807) is 6.07 Å². The Morgan fingerprint density at radius 3 is 2.89 bits per heavy atom. The van der Waals surface area contributed by atoms with E-state index in [1.165, 1.54) is 12.1 Å². The molecular formula is C12H17N3O3. The smallest absolute Gasteiger partial charge is 0.273 e. The molecule has 1 aliphatic rings. The molecule has 1 saturated heterocycles. The average molecular weight is 251 g/mol. The van der Waals surface area contributed by atoms with Gasteiger partial charge in [-0.25, -0.2) is 0 Å². The molecule has 98 valence electrons. The minimum Gasteiger partial charge on any atom is -0.398 e. The maximum Gasteiger partial charge on any atom is 0.273 e. The van der Waals surface area contributed by atoms with Crippen LogP contribution >= 0.6 is 0 Å². The summed E-state index contributed by atoms with van der Waals surface area (Å²) in [5.74, 6) is 0. The molecule has 1 unspecified atom stereocenters. The van der Waals surface area contributed by atoms with Gasteiger partial charge in [0.1, 0.15) is 0 Å². The molecule has 6 nitrogen and oxygen atoms in total. The topological polar surface area (TPSA) is 92.6 Å². The number of hydrogen-bond donors (Lipinski definition) is 2. The molecular weight excluding hydrogens is 234 g/mol. The zero-order valence-corrected chi connectivity index (χ0v) is 10.1. The van der Waals surface area contributed by atoms with Crippen LogP contribution in [-0.2, 0) is 0 Å². The number of nitro benzene ring substituents is 1. The molecule has 0 spiro atoms. The van der Waals surface area contributed by atoms with E-state index in [0.29, 0.717) is 5.69 Å². The summed E-state index contributed by atoms with van der Waals surface area (Å²) in [4.78, 5) is 12.4. The van der Waals surface area contributed by atoms with E-state index in [4.69, 9.17) is 5.73 Å². The molecule has 1 heterocycles. The number of aliphatic hydroxyl groups excluding tert-OH is 1. The number of aliphatic hydroxyl groups is 1. The predicted octanol–water partition coefficient (Wildman–Crippen LogP) is 1.53. The molecule has 0 aliphatic carbocycles. The van der Waals surface area contributed by atoms with Gasteiger partial charge >= 0.3 is 0 Å². The molecule has 0 radical (unpaired) electrons. The van der Waals surface area contributed by atoms with Crippen LogP contribution in [0.4, 0.5) is 17.1 Å². The zero-order chi connectivity index (χ0) is 13.1. The van der Waals surface area contributed by atoms with Crippen molar-refractivity contribution in [2.24, 2.45) is 0 Å². The van der Waals surface area contributed by atoms with Crippen molar-refractivity contribution in [3.05, 3.63) is 28.3 Å². The van der Waals surface area contributed by atoms with Gasteiger partial charge in [-0.05, 0) is 25.3 Å². The normalized spacial score (nSPS) is 19.8. The number of piperidine rings is 1. The van der Waals surface area contributed by atoms with E-state index in [9.17, 15) is 15.2 Å². The van der Waals surface area contributed by atoms with Crippen molar-refractivity contribution < 1.29 is 10.0 Å². The van der Waals surface area contributed by atoms with Crippen LogP contribution in [0.1, 0.15) is 19.3 Å². The van der Waals surface area contributed by atoms with Crippen molar-refractivity contribution in [2.75, 3.05) is 23.8 Å². The second-order valence-electron chi connectivity index (χ2n) is 4.57. The minimum absolute atomic E-state index is 0.00716. The largest absolute Gasteiger partial charge is 0.398 e. The number of non-ortho nitro benzene ring substituents is 1. The minimum atomic E-state index is -0.447. The SMILES string of the molecule is Nc1cc(N2CCCCC2CO)cc([N+](=O)[O-])c1. The molecule has 18 heavy (non-hydrogen) atoms. The summed E-state index contributed by atoms with van der Waals surface area (Å²) in [6.45, 7) is 0.856. The zero-order valence-electron chi connectivity index (χ0n) is 10.1. The fourth-order valence-corrected chi connectivity index (χ4v) is 2.42. The van der Waals surface area contributed by atoms with Crippen LogP contribution in [0.25, 0.3) is 0 Å². The maximum absolute atomic E-state index is 10.8. The standard InChI is InChI=1S/C12H17N3O3/c13-9-5-11(7-12(6-9)15(17)18)14-4-2-1-3-10(14)8-16/h5-7,10,16H,1-4,8,13H2. The highest BCUT2D eigenvalue weighted by Gasteiger charge is 2.23. The van der Waals surface area contributed by atoms with Gasteiger partial charge in [-0.2, -0.15) is 0 Å². The number of nitrogens with two attached hydrogens (primary N) is 1. The predicted molar refractivity (Wildman–Crippen MR) is 69.6 cm³/mol. The Hall–Kier alpha value is -1.82. The third kappa shape index (κ3) is 2.53. The van der Waals surface area contributed by atoms with Crippen molar-refractivity contribution >= 4 is 17.1 Å². The lowest BCUT2D eigenvalue weighted by molar-refractivity contribution is -0.384. The Balaban J connectivity index is 2.33. The van der Waals surface area contributed by atoms with Crippen molar-refractivity contribution in [3.63, 3.8) is 0 Å². The van der Waals surface area contributed by atoms with Crippen LogP contribution in [-0.4, -0.2) is 29.2 Å². The second-order valence-corrected chi connectivity index (χ2v) is 4.57. The molecule has 1 atom stereocenters. The van der Waals surface area contributed by atoms with Gasteiger partial charge in [0.2, 0.25) is 0 Å². The van der Waals surface area contributed by atoms with Crippen LogP contribution < -0.4 is 10.6 Å². The lowest BCUT2D eigenvalue weighted by Crippen LogP contribution is -2.41. The Bertz CT molecular complexity index is 450. The first-order valence-corrected chi connectivity index (χ1v) is 6.04. The second kappa shape index (κ2) is 5.22. The Morgan fingerprint density at radius 2 is 2.22 bits per heavy atom. The number of benzene rings is 1. The number of rotatable bonds is 3. The maximum atomic E-state index is 10.8. The Morgan fingerprint density at radius 1 is 1.44 bits per heavy atom. The van der Waals surface area contributed by atoms with Gasteiger partial charge in [0, 0.05) is 30.1 Å². The van der Waals surface area contributed by atoms with Gasteiger partial charge in [0.05, 0.1) is 17.6 Å². The lowest BCUT2D eigenvalue weighted by Gasteiger charge is -2.36. The van der Waals surface area contributed by atoms with Crippen molar-refractivity contribution in [1.82, 2.24) is 0 Å². The van der Waals surface area contributed by atoms with E-state index in [0.717, 1.165) is 31.5 Å². The molecule has 3 N–H and O–H groups in total. The number of hydrogen-bond acceptors (Lipinski definition) is 5. The number of nitrogen functional groups attached to an aromatic ring is 1. The van der Waals surface area contributed by atoms with Gasteiger partial charge in [0.15, 0.2) is 0 Å². The first-order valence-electron chi connectivity index (χ1n) is 6.04. The van der Waals surface area contributed by atoms with Gasteiger partial charge in [-0.15, -0.1) is 0 Å². The molecule has 1 fully saturated rings. The molecule has 0 aromatic heterocycles. The van der Waals surface area contributed by atoms with E-state index in [2.05, 4.69) is 0 Å². The summed E-state index contributed by atoms with van der Waals surface area (Å²) in [5, 5.41) is 20.2. The van der Waals surface area contributed by atoms with Gasteiger partial charge in [-0.3, -0.25) is 10.1 Å².